The van der Waals surface area contributed by atoms with E-state index in [4.69, 9.17) is 21.1 Å². The van der Waals surface area contributed by atoms with E-state index in [1.54, 1.807) is 13.2 Å². The Kier molecular flexibility index (Phi) is 5.78. The number of methoxy groups -OCH3 is 1. The van der Waals surface area contributed by atoms with Crippen molar-refractivity contribution in [2.45, 2.75) is 40.3 Å². The van der Waals surface area contributed by atoms with Crippen LogP contribution in [0.4, 0.5) is 5.69 Å². The number of nitrogens with one attached hydrogen (secondary N) is 1. The summed E-state index contributed by atoms with van der Waals surface area (Å²) < 4.78 is 11.3. The summed E-state index contributed by atoms with van der Waals surface area (Å²) in [5.41, 5.74) is 4.59. The molecule has 3 nitrogen and oxygen atoms in total. The Balaban J connectivity index is 2.26. The van der Waals surface area contributed by atoms with Gasteiger partial charge in [-0.15, -0.1) is 0 Å². The van der Waals surface area contributed by atoms with Crippen LogP contribution in [0.2, 0.25) is 5.02 Å². The van der Waals surface area contributed by atoms with Crippen molar-refractivity contribution in [3.8, 4) is 11.5 Å². The van der Waals surface area contributed by atoms with Crippen LogP contribution in [0.3, 0.4) is 0 Å². The van der Waals surface area contributed by atoms with E-state index in [1.165, 1.54) is 11.1 Å². The third kappa shape index (κ3) is 4.55. The monoisotopic (exact) mass is 333 g/mol. The van der Waals surface area contributed by atoms with Crippen LogP contribution < -0.4 is 14.8 Å². The number of benzene rings is 2. The van der Waals surface area contributed by atoms with Gasteiger partial charge in [0.25, 0.3) is 0 Å². The minimum atomic E-state index is 0.0606. The van der Waals surface area contributed by atoms with Gasteiger partial charge >= 0.3 is 0 Å². The standard InChI is InChI=1S/C19H24ClNO2/c1-12(2)23-19-15(9-16(20)10-18(19)22-5)11-21-17-7-6-13(3)14(4)8-17/h6-10,12,21H,11H2,1-5H3. The Bertz CT molecular complexity index is 683. The zero-order valence-electron chi connectivity index (χ0n) is 14.4. The molecule has 0 unspecified atom stereocenters. The largest absolute Gasteiger partial charge is 0.493 e. The van der Waals surface area contributed by atoms with Crippen LogP contribution in [0.25, 0.3) is 0 Å². The Morgan fingerprint density at radius 2 is 1.83 bits per heavy atom. The Labute approximate surface area is 143 Å². The molecule has 0 heterocycles. The van der Waals surface area contributed by atoms with E-state index in [-0.39, 0.29) is 6.10 Å². The molecule has 0 radical (unpaired) electrons. The lowest BCUT2D eigenvalue weighted by molar-refractivity contribution is 0.228. The summed E-state index contributed by atoms with van der Waals surface area (Å²) in [6, 6.07) is 10.0. The third-order valence-electron chi connectivity index (χ3n) is 3.66. The van der Waals surface area contributed by atoms with Crippen molar-refractivity contribution in [2.75, 3.05) is 12.4 Å². The predicted molar refractivity (Wildman–Crippen MR) is 97.0 cm³/mol. The third-order valence-corrected chi connectivity index (χ3v) is 3.88. The van der Waals surface area contributed by atoms with Gasteiger partial charge in [-0.05, 0) is 57.0 Å². The van der Waals surface area contributed by atoms with Gasteiger partial charge in [-0.25, -0.2) is 0 Å². The summed E-state index contributed by atoms with van der Waals surface area (Å²) in [4.78, 5) is 0. The number of aryl methyl sites for hydroxylation is 2. The molecule has 0 fully saturated rings. The van der Waals surface area contributed by atoms with Crippen LogP contribution in [0.1, 0.15) is 30.5 Å². The van der Waals surface area contributed by atoms with Gasteiger partial charge in [0.2, 0.25) is 0 Å². The van der Waals surface area contributed by atoms with E-state index < -0.39 is 0 Å². The van der Waals surface area contributed by atoms with E-state index in [0.29, 0.717) is 17.3 Å². The highest BCUT2D eigenvalue weighted by atomic mass is 35.5. The Morgan fingerprint density at radius 1 is 1.09 bits per heavy atom. The second kappa shape index (κ2) is 7.60. The fourth-order valence-electron chi connectivity index (χ4n) is 2.32. The number of rotatable bonds is 6. The fraction of sp³-hybridized carbons (Fsp3) is 0.368. The molecule has 0 aliphatic heterocycles. The zero-order chi connectivity index (χ0) is 17.0. The number of hydrogen-bond donors (Lipinski definition) is 1. The van der Waals surface area contributed by atoms with Crippen molar-refractivity contribution < 1.29 is 9.47 Å². The van der Waals surface area contributed by atoms with Gasteiger partial charge in [-0.3, -0.25) is 0 Å². The van der Waals surface area contributed by atoms with Crippen molar-refractivity contribution in [3.05, 3.63) is 52.0 Å². The Morgan fingerprint density at radius 3 is 2.43 bits per heavy atom. The molecule has 23 heavy (non-hydrogen) atoms. The van der Waals surface area contributed by atoms with Crippen molar-refractivity contribution in [2.24, 2.45) is 0 Å². The molecule has 0 amide bonds. The molecular formula is C19H24ClNO2. The molecule has 0 atom stereocenters. The molecule has 2 aromatic rings. The summed E-state index contributed by atoms with van der Waals surface area (Å²) >= 11 is 6.20. The highest BCUT2D eigenvalue weighted by Crippen LogP contribution is 2.36. The van der Waals surface area contributed by atoms with E-state index >= 15 is 0 Å². The maximum Gasteiger partial charge on any atom is 0.166 e. The number of hydrogen-bond acceptors (Lipinski definition) is 3. The van der Waals surface area contributed by atoms with Gasteiger partial charge in [0.1, 0.15) is 0 Å². The molecule has 124 valence electrons. The van der Waals surface area contributed by atoms with Crippen LogP contribution in [0, 0.1) is 13.8 Å². The second-order valence-electron chi connectivity index (χ2n) is 5.92. The molecule has 0 bridgehead atoms. The van der Waals surface area contributed by atoms with Crippen molar-refractivity contribution >= 4 is 17.3 Å². The average Bonchev–Trinajstić information content (AvgIpc) is 2.49. The van der Waals surface area contributed by atoms with Crippen LogP contribution in [0.15, 0.2) is 30.3 Å². The lowest BCUT2D eigenvalue weighted by Gasteiger charge is -2.19. The number of anilines is 1. The summed E-state index contributed by atoms with van der Waals surface area (Å²) in [5.74, 6) is 1.39. The van der Waals surface area contributed by atoms with Gasteiger partial charge in [0, 0.05) is 28.9 Å². The van der Waals surface area contributed by atoms with Crippen molar-refractivity contribution in [1.29, 1.82) is 0 Å². The first-order valence-corrected chi connectivity index (χ1v) is 8.12. The molecule has 2 aromatic carbocycles. The average molecular weight is 334 g/mol. The molecule has 0 spiro atoms. The first-order chi connectivity index (χ1) is 10.9. The van der Waals surface area contributed by atoms with Crippen molar-refractivity contribution in [3.63, 3.8) is 0 Å². The van der Waals surface area contributed by atoms with E-state index in [0.717, 1.165) is 17.0 Å². The molecule has 0 saturated carbocycles. The minimum Gasteiger partial charge on any atom is -0.493 e. The quantitative estimate of drug-likeness (QED) is 0.771. The lowest BCUT2D eigenvalue weighted by Crippen LogP contribution is -2.11. The molecule has 4 heteroatoms. The SMILES string of the molecule is COc1cc(Cl)cc(CNc2ccc(C)c(C)c2)c1OC(C)C. The van der Waals surface area contributed by atoms with E-state index in [9.17, 15) is 0 Å². The Hall–Kier alpha value is -1.87. The van der Waals surface area contributed by atoms with Crippen LogP contribution >= 0.6 is 11.6 Å². The van der Waals surface area contributed by atoms with Crippen LogP contribution in [0.5, 0.6) is 11.5 Å². The van der Waals surface area contributed by atoms with Crippen LogP contribution in [-0.4, -0.2) is 13.2 Å². The van der Waals surface area contributed by atoms with Crippen molar-refractivity contribution in [1.82, 2.24) is 0 Å². The van der Waals surface area contributed by atoms with Gasteiger partial charge < -0.3 is 14.8 Å². The van der Waals surface area contributed by atoms with E-state index in [1.807, 2.05) is 19.9 Å². The van der Waals surface area contributed by atoms with Gasteiger partial charge in [0.15, 0.2) is 11.5 Å². The number of ether oxygens (including phenoxy) is 2. The predicted octanol–water partition coefficient (Wildman–Crippen LogP) is 5.36. The second-order valence-corrected chi connectivity index (χ2v) is 6.35. The summed E-state index contributed by atoms with van der Waals surface area (Å²) in [6.45, 7) is 8.82. The molecule has 0 saturated heterocycles. The summed E-state index contributed by atoms with van der Waals surface area (Å²) in [7, 11) is 1.62. The first kappa shape index (κ1) is 17.5. The van der Waals surface area contributed by atoms with Gasteiger partial charge in [0.05, 0.1) is 13.2 Å². The van der Waals surface area contributed by atoms with Gasteiger partial charge in [-0.1, -0.05) is 17.7 Å². The molecule has 0 aliphatic carbocycles. The summed E-state index contributed by atoms with van der Waals surface area (Å²) in [6.07, 6.45) is 0.0606. The topological polar surface area (TPSA) is 30.5 Å². The summed E-state index contributed by atoms with van der Waals surface area (Å²) in [5, 5.41) is 4.06. The molecule has 1 N–H and O–H groups in total. The molecule has 0 aromatic heterocycles. The van der Waals surface area contributed by atoms with E-state index in [2.05, 4.69) is 37.4 Å². The number of halogens is 1. The zero-order valence-corrected chi connectivity index (χ0v) is 15.1. The lowest BCUT2D eigenvalue weighted by atomic mass is 10.1. The minimum absolute atomic E-state index is 0.0606. The normalized spacial score (nSPS) is 10.7. The van der Waals surface area contributed by atoms with Gasteiger partial charge in [-0.2, -0.15) is 0 Å². The molecule has 2 rings (SSSR count). The maximum atomic E-state index is 6.20. The first-order valence-electron chi connectivity index (χ1n) is 7.75. The fourth-order valence-corrected chi connectivity index (χ4v) is 2.55. The van der Waals surface area contributed by atoms with Crippen LogP contribution in [-0.2, 0) is 6.54 Å². The highest BCUT2D eigenvalue weighted by Gasteiger charge is 2.14. The molecular weight excluding hydrogens is 310 g/mol. The smallest absolute Gasteiger partial charge is 0.166 e. The molecule has 0 aliphatic rings. The highest BCUT2D eigenvalue weighted by molar-refractivity contribution is 6.30. The maximum absolute atomic E-state index is 6.20.